The highest BCUT2D eigenvalue weighted by Gasteiger charge is 2.15. The van der Waals surface area contributed by atoms with Crippen molar-refractivity contribution in [3.63, 3.8) is 0 Å². The van der Waals surface area contributed by atoms with Crippen LogP contribution in [0.2, 0.25) is 0 Å². The molecule has 0 unspecified atom stereocenters. The van der Waals surface area contributed by atoms with Crippen molar-refractivity contribution < 1.29 is 14.3 Å². The summed E-state index contributed by atoms with van der Waals surface area (Å²) in [5.74, 6) is -0.241. The second-order valence-corrected chi connectivity index (χ2v) is 3.47. The van der Waals surface area contributed by atoms with Crippen molar-refractivity contribution in [1.82, 2.24) is 5.32 Å². The SMILES string of the molecule is COC(=O)CNCCC(C)(C)OC. The van der Waals surface area contributed by atoms with E-state index in [-0.39, 0.29) is 18.1 Å². The molecule has 0 radical (unpaired) electrons. The predicted molar refractivity (Wildman–Crippen MR) is 50.6 cm³/mol. The second kappa shape index (κ2) is 5.94. The maximum absolute atomic E-state index is 10.7. The number of ether oxygens (including phenoxy) is 2. The Morgan fingerprint density at radius 3 is 2.46 bits per heavy atom. The number of carbonyl (C=O) groups is 1. The van der Waals surface area contributed by atoms with Gasteiger partial charge >= 0.3 is 5.97 Å². The summed E-state index contributed by atoms with van der Waals surface area (Å²) in [7, 11) is 3.06. The van der Waals surface area contributed by atoms with E-state index in [0.29, 0.717) is 0 Å². The molecule has 0 aliphatic rings. The van der Waals surface area contributed by atoms with Crippen LogP contribution in [0, 0.1) is 0 Å². The number of hydrogen-bond donors (Lipinski definition) is 1. The van der Waals surface area contributed by atoms with Crippen LogP contribution in [0.5, 0.6) is 0 Å². The minimum atomic E-state index is -0.241. The number of esters is 1. The Labute approximate surface area is 79.6 Å². The fourth-order valence-electron chi connectivity index (χ4n) is 0.754. The zero-order valence-electron chi connectivity index (χ0n) is 8.85. The van der Waals surface area contributed by atoms with E-state index < -0.39 is 0 Å². The van der Waals surface area contributed by atoms with Crippen molar-refractivity contribution in [3.05, 3.63) is 0 Å². The fraction of sp³-hybridized carbons (Fsp3) is 0.889. The third-order valence-electron chi connectivity index (χ3n) is 1.95. The Bertz CT molecular complexity index is 157. The molecule has 0 aliphatic carbocycles. The lowest BCUT2D eigenvalue weighted by atomic mass is 10.1. The molecule has 4 heteroatoms. The molecule has 1 N–H and O–H groups in total. The van der Waals surface area contributed by atoms with Gasteiger partial charge in [-0.3, -0.25) is 4.79 Å². The molecule has 4 nitrogen and oxygen atoms in total. The van der Waals surface area contributed by atoms with E-state index in [1.54, 1.807) is 7.11 Å². The highest BCUT2D eigenvalue weighted by atomic mass is 16.5. The average Bonchev–Trinajstić information content (AvgIpc) is 2.12. The lowest BCUT2D eigenvalue weighted by Crippen LogP contribution is -2.31. The zero-order chi connectivity index (χ0) is 10.3. The summed E-state index contributed by atoms with van der Waals surface area (Å²) < 4.78 is 9.69. The number of rotatable bonds is 6. The summed E-state index contributed by atoms with van der Waals surface area (Å²) in [5, 5.41) is 2.97. The average molecular weight is 189 g/mol. The van der Waals surface area contributed by atoms with Crippen molar-refractivity contribution >= 4 is 5.97 Å². The molecule has 0 rings (SSSR count). The first-order valence-corrected chi connectivity index (χ1v) is 4.34. The maximum Gasteiger partial charge on any atom is 0.319 e. The van der Waals surface area contributed by atoms with Crippen LogP contribution < -0.4 is 5.32 Å². The Morgan fingerprint density at radius 1 is 1.38 bits per heavy atom. The van der Waals surface area contributed by atoms with Crippen LogP contribution in [0.25, 0.3) is 0 Å². The minimum absolute atomic E-state index is 0.136. The molecule has 0 saturated heterocycles. The fourth-order valence-corrected chi connectivity index (χ4v) is 0.754. The van der Waals surface area contributed by atoms with Gasteiger partial charge in [-0.05, 0) is 26.8 Å². The second-order valence-electron chi connectivity index (χ2n) is 3.47. The Morgan fingerprint density at radius 2 is 2.00 bits per heavy atom. The van der Waals surface area contributed by atoms with Crippen molar-refractivity contribution in [2.45, 2.75) is 25.9 Å². The van der Waals surface area contributed by atoms with Crippen molar-refractivity contribution in [1.29, 1.82) is 0 Å². The van der Waals surface area contributed by atoms with E-state index in [9.17, 15) is 4.79 Å². The summed E-state index contributed by atoms with van der Waals surface area (Å²) in [5.41, 5.74) is -0.136. The van der Waals surface area contributed by atoms with Crippen LogP contribution in [-0.4, -0.2) is 38.9 Å². The van der Waals surface area contributed by atoms with E-state index in [1.165, 1.54) is 7.11 Å². The standard InChI is InChI=1S/C9H19NO3/c1-9(2,13-4)5-6-10-7-8(11)12-3/h10H,5-7H2,1-4H3. The number of carbonyl (C=O) groups excluding carboxylic acids is 1. The Kier molecular flexibility index (Phi) is 5.66. The normalized spacial score (nSPS) is 11.4. The summed E-state index contributed by atoms with van der Waals surface area (Å²) in [6, 6.07) is 0. The van der Waals surface area contributed by atoms with Crippen molar-refractivity contribution in [3.8, 4) is 0 Å². The van der Waals surface area contributed by atoms with Gasteiger partial charge in [-0.1, -0.05) is 0 Å². The first kappa shape index (κ1) is 12.4. The first-order valence-electron chi connectivity index (χ1n) is 4.34. The van der Waals surface area contributed by atoms with Gasteiger partial charge in [0.25, 0.3) is 0 Å². The summed E-state index contributed by atoms with van der Waals surface area (Å²) >= 11 is 0. The molecule has 0 aromatic heterocycles. The van der Waals surface area contributed by atoms with Crippen LogP contribution >= 0.6 is 0 Å². The largest absolute Gasteiger partial charge is 0.468 e. The molecule has 0 fully saturated rings. The van der Waals surface area contributed by atoms with Gasteiger partial charge in [0.1, 0.15) is 0 Å². The molecule has 0 atom stereocenters. The summed E-state index contributed by atoms with van der Waals surface area (Å²) in [4.78, 5) is 10.7. The van der Waals surface area contributed by atoms with Gasteiger partial charge in [0.05, 0.1) is 19.3 Å². The lowest BCUT2D eigenvalue weighted by molar-refractivity contribution is -0.139. The number of methoxy groups -OCH3 is 2. The Hall–Kier alpha value is -0.610. The summed E-state index contributed by atoms with van der Waals surface area (Å²) in [6.07, 6.45) is 0.862. The predicted octanol–water partition coefficient (Wildman–Crippen LogP) is 0.564. The highest BCUT2D eigenvalue weighted by Crippen LogP contribution is 2.10. The molecule has 0 aliphatic heterocycles. The molecule has 0 aromatic carbocycles. The van der Waals surface area contributed by atoms with Crippen LogP contribution in [0.4, 0.5) is 0 Å². The zero-order valence-corrected chi connectivity index (χ0v) is 8.85. The van der Waals surface area contributed by atoms with Crippen molar-refractivity contribution in [2.75, 3.05) is 27.3 Å². The van der Waals surface area contributed by atoms with Gasteiger partial charge in [0.2, 0.25) is 0 Å². The molecular formula is C9H19NO3. The minimum Gasteiger partial charge on any atom is -0.468 e. The third-order valence-corrected chi connectivity index (χ3v) is 1.95. The molecule has 0 saturated carbocycles. The van der Waals surface area contributed by atoms with E-state index in [4.69, 9.17) is 4.74 Å². The molecule has 0 spiro atoms. The van der Waals surface area contributed by atoms with Crippen molar-refractivity contribution in [2.24, 2.45) is 0 Å². The summed E-state index contributed by atoms with van der Waals surface area (Å²) in [6.45, 7) is 5.02. The van der Waals surface area contributed by atoms with Crippen LogP contribution in [0.1, 0.15) is 20.3 Å². The topological polar surface area (TPSA) is 47.6 Å². The first-order chi connectivity index (χ1) is 6.02. The van der Waals surface area contributed by atoms with Crippen LogP contribution in [0.15, 0.2) is 0 Å². The third kappa shape index (κ3) is 6.54. The molecule has 13 heavy (non-hydrogen) atoms. The van der Waals surface area contributed by atoms with Gasteiger partial charge in [-0.2, -0.15) is 0 Å². The smallest absolute Gasteiger partial charge is 0.319 e. The lowest BCUT2D eigenvalue weighted by Gasteiger charge is -2.22. The highest BCUT2D eigenvalue weighted by molar-refractivity contribution is 5.71. The monoisotopic (exact) mass is 189 g/mol. The quantitative estimate of drug-likeness (QED) is 0.490. The van der Waals surface area contributed by atoms with E-state index >= 15 is 0 Å². The van der Waals surface area contributed by atoms with Gasteiger partial charge < -0.3 is 14.8 Å². The maximum atomic E-state index is 10.7. The van der Waals surface area contributed by atoms with E-state index in [0.717, 1.165) is 13.0 Å². The molecule has 0 bridgehead atoms. The molecular weight excluding hydrogens is 170 g/mol. The Balaban J connectivity index is 3.41. The molecule has 78 valence electrons. The number of hydrogen-bond acceptors (Lipinski definition) is 4. The van der Waals surface area contributed by atoms with E-state index in [2.05, 4.69) is 10.1 Å². The molecule has 0 aromatic rings. The van der Waals surface area contributed by atoms with Crippen LogP contribution in [-0.2, 0) is 14.3 Å². The number of nitrogens with one attached hydrogen (secondary N) is 1. The molecule has 0 heterocycles. The van der Waals surface area contributed by atoms with Gasteiger partial charge in [0, 0.05) is 7.11 Å². The van der Waals surface area contributed by atoms with Crippen LogP contribution in [0.3, 0.4) is 0 Å². The molecule has 0 amide bonds. The van der Waals surface area contributed by atoms with Gasteiger partial charge in [-0.15, -0.1) is 0 Å². The van der Waals surface area contributed by atoms with Gasteiger partial charge in [0.15, 0.2) is 0 Å². The van der Waals surface area contributed by atoms with E-state index in [1.807, 2.05) is 13.8 Å². The van der Waals surface area contributed by atoms with Gasteiger partial charge in [-0.25, -0.2) is 0 Å².